The molecule has 0 heterocycles. The normalized spacial score (nSPS) is 13.0. The van der Waals surface area contributed by atoms with Crippen molar-refractivity contribution in [3.63, 3.8) is 0 Å². The molecule has 0 saturated carbocycles. The van der Waals surface area contributed by atoms with E-state index >= 15 is 0 Å². The molecule has 1 atom stereocenters. The van der Waals surface area contributed by atoms with Crippen molar-refractivity contribution < 1.29 is 27.1 Å². The van der Waals surface area contributed by atoms with Crippen LogP contribution in [0.25, 0.3) is 0 Å². The number of ether oxygens (including phenoxy) is 1. The largest absolute Gasteiger partial charge is 0.467 e. The van der Waals surface area contributed by atoms with E-state index in [1.807, 2.05) is 0 Å². The zero-order valence-electron chi connectivity index (χ0n) is 15.1. The zero-order chi connectivity index (χ0) is 20.1. The van der Waals surface area contributed by atoms with E-state index in [0.29, 0.717) is 0 Å². The maximum absolute atomic E-state index is 13.9. The van der Waals surface area contributed by atoms with E-state index in [4.69, 9.17) is 0 Å². The Morgan fingerprint density at radius 2 is 1.96 bits per heavy atom. The van der Waals surface area contributed by atoms with Crippen LogP contribution in [0.5, 0.6) is 0 Å². The van der Waals surface area contributed by atoms with Gasteiger partial charge in [-0.25, -0.2) is 22.3 Å². The quantitative estimate of drug-likeness (QED) is 0.548. The molecule has 1 rings (SSSR count). The topological polar surface area (TPSA) is 102 Å². The molecule has 0 bridgehead atoms. The minimum Gasteiger partial charge on any atom is -0.467 e. The van der Waals surface area contributed by atoms with Gasteiger partial charge in [-0.2, -0.15) is 0 Å². The number of carbonyl (C=O) groups is 2. The van der Waals surface area contributed by atoms with Crippen LogP contribution in [0.2, 0.25) is 0 Å². The highest BCUT2D eigenvalue weighted by Crippen LogP contribution is 2.22. The van der Waals surface area contributed by atoms with E-state index < -0.39 is 44.1 Å². The summed E-state index contributed by atoms with van der Waals surface area (Å²) in [5, 5.41) is 2.50. The van der Waals surface area contributed by atoms with Gasteiger partial charge < -0.3 is 10.1 Å². The van der Waals surface area contributed by atoms with Crippen molar-refractivity contribution in [2.24, 2.45) is 5.41 Å². The number of hydrogen-bond acceptors (Lipinski definition) is 5. The average Bonchev–Trinajstić information content (AvgIpc) is 2.56. The Bertz CT molecular complexity index is 800. The average molecular weight is 386 g/mol. The molecule has 1 amide bonds. The van der Waals surface area contributed by atoms with E-state index in [-0.39, 0.29) is 12.1 Å². The second kappa shape index (κ2) is 8.41. The molecule has 144 valence electrons. The van der Waals surface area contributed by atoms with Gasteiger partial charge in [0.2, 0.25) is 10.0 Å². The maximum Gasteiger partial charge on any atom is 0.328 e. The first-order valence-electron chi connectivity index (χ1n) is 7.73. The maximum atomic E-state index is 13.9. The Kier molecular flexibility index (Phi) is 7.05. The highest BCUT2D eigenvalue weighted by atomic mass is 32.2. The number of sulfonamides is 1. The smallest absolute Gasteiger partial charge is 0.328 e. The molecule has 0 spiro atoms. The molecule has 0 aliphatic rings. The van der Waals surface area contributed by atoms with Gasteiger partial charge >= 0.3 is 5.97 Å². The molecule has 26 heavy (non-hydrogen) atoms. The van der Waals surface area contributed by atoms with Crippen LogP contribution in [0, 0.1) is 11.2 Å². The number of nitrogens with one attached hydrogen (secondary N) is 2. The Hall–Kier alpha value is -2.26. The number of esters is 1. The van der Waals surface area contributed by atoms with E-state index in [2.05, 4.69) is 21.4 Å². The summed E-state index contributed by atoms with van der Waals surface area (Å²) >= 11 is 0. The second-order valence-corrected chi connectivity index (χ2v) is 8.32. The first kappa shape index (κ1) is 21.8. The predicted octanol–water partition coefficient (Wildman–Crippen LogP) is 1.61. The summed E-state index contributed by atoms with van der Waals surface area (Å²) in [6.07, 6.45) is 1.30. The van der Waals surface area contributed by atoms with Crippen molar-refractivity contribution in [3.05, 3.63) is 42.2 Å². The lowest BCUT2D eigenvalue weighted by atomic mass is 9.86. The number of benzene rings is 1. The molecule has 0 unspecified atom stereocenters. The minimum absolute atomic E-state index is 0.0906. The van der Waals surface area contributed by atoms with E-state index in [9.17, 15) is 22.4 Å². The molecule has 2 N–H and O–H groups in total. The lowest BCUT2D eigenvalue weighted by Gasteiger charge is -2.29. The number of rotatable bonds is 7. The number of hydrogen-bond donors (Lipinski definition) is 2. The third kappa shape index (κ3) is 5.37. The molecule has 0 radical (unpaired) electrons. The predicted molar refractivity (Wildman–Crippen MR) is 94.5 cm³/mol. The lowest BCUT2D eigenvalue weighted by molar-refractivity contribution is -0.145. The SMILES string of the molecule is C=CCNS(=O)(=O)c1cc(C(=O)N[C@@H](C(=O)OC)C(C)(C)C)ccc1F. The standard InChI is InChI=1S/C17H23FN2O5S/c1-6-9-19-26(23,24)13-10-11(7-8-12(13)18)15(21)20-14(16(22)25-5)17(2,3)4/h6-8,10,14,19H,1,9H2,2-5H3,(H,20,21)/t14-/m0/s1. The van der Waals surface area contributed by atoms with Crippen LogP contribution in [-0.4, -0.2) is 40.0 Å². The Labute approximate surface area is 152 Å². The summed E-state index contributed by atoms with van der Waals surface area (Å²) < 4.78 is 45.0. The van der Waals surface area contributed by atoms with Crippen molar-refractivity contribution in [2.75, 3.05) is 13.7 Å². The van der Waals surface area contributed by atoms with Crippen LogP contribution in [0.1, 0.15) is 31.1 Å². The molecule has 7 nitrogen and oxygen atoms in total. The van der Waals surface area contributed by atoms with Crippen LogP contribution in [0.15, 0.2) is 35.7 Å². The van der Waals surface area contributed by atoms with E-state index in [1.165, 1.54) is 13.2 Å². The van der Waals surface area contributed by atoms with Crippen molar-refractivity contribution in [1.29, 1.82) is 0 Å². The second-order valence-electron chi connectivity index (χ2n) is 6.58. The highest BCUT2D eigenvalue weighted by molar-refractivity contribution is 7.89. The fraction of sp³-hybridized carbons (Fsp3) is 0.412. The number of amides is 1. The zero-order valence-corrected chi connectivity index (χ0v) is 15.9. The summed E-state index contributed by atoms with van der Waals surface area (Å²) in [7, 11) is -2.96. The molecule has 0 aliphatic carbocycles. The van der Waals surface area contributed by atoms with Gasteiger partial charge in [0.25, 0.3) is 5.91 Å². The van der Waals surface area contributed by atoms with Gasteiger partial charge in [-0.3, -0.25) is 4.79 Å². The molecule has 0 aliphatic heterocycles. The Balaban J connectivity index is 3.20. The van der Waals surface area contributed by atoms with Crippen LogP contribution < -0.4 is 10.0 Å². The van der Waals surface area contributed by atoms with Gasteiger partial charge in [0.05, 0.1) is 7.11 Å². The molecular weight excluding hydrogens is 363 g/mol. The molecular formula is C17H23FN2O5S. The van der Waals surface area contributed by atoms with Gasteiger partial charge in [0, 0.05) is 12.1 Å². The van der Waals surface area contributed by atoms with Crippen molar-refractivity contribution in [3.8, 4) is 0 Å². The summed E-state index contributed by atoms with van der Waals surface area (Å²) in [5.41, 5.74) is -0.757. The fourth-order valence-corrected chi connectivity index (χ4v) is 3.16. The van der Waals surface area contributed by atoms with Crippen LogP contribution >= 0.6 is 0 Å². The fourth-order valence-electron chi connectivity index (χ4n) is 2.06. The van der Waals surface area contributed by atoms with Crippen LogP contribution in [0.3, 0.4) is 0 Å². The van der Waals surface area contributed by atoms with Gasteiger partial charge in [0.1, 0.15) is 16.8 Å². The summed E-state index contributed by atoms with van der Waals surface area (Å²) in [6.45, 7) is 8.48. The summed E-state index contributed by atoms with van der Waals surface area (Å²) in [4.78, 5) is 23.7. The van der Waals surface area contributed by atoms with E-state index in [1.54, 1.807) is 20.8 Å². The summed E-state index contributed by atoms with van der Waals surface area (Å²) in [6, 6.07) is 1.95. The third-order valence-corrected chi connectivity index (χ3v) is 4.92. The van der Waals surface area contributed by atoms with Gasteiger partial charge in [-0.1, -0.05) is 26.8 Å². The van der Waals surface area contributed by atoms with Crippen molar-refractivity contribution in [1.82, 2.24) is 10.0 Å². The molecule has 1 aromatic carbocycles. The molecule has 0 fully saturated rings. The van der Waals surface area contributed by atoms with Crippen LogP contribution in [-0.2, 0) is 19.6 Å². The van der Waals surface area contributed by atoms with Gasteiger partial charge in [-0.05, 0) is 23.6 Å². The van der Waals surface area contributed by atoms with E-state index in [0.717, 1.165) is 18.2 Å². The number of halogens is 1. The third-order valence-electron chi connectivity index (χ3n) is 3.48. The highest BCUT2D eigenvalue weighted by Gasteiger charge is 2.34. The summed E-state index contributed by atoms with van der Waals surface area (Å²) in [5.74, 6) is -2.37. The molecule has 0 saturated heterocycles. The number of carbonyl (C=O) groups excluding carboxylic acids is 2. The molecule has 1 aromatic rings. The van der Waals surface area contributed by atoms with Gasteiger partial charge in [-0.15, -0.1) is 6.58 Å². The van der Waals surface area contributed by atoms with Crippen molar-refractivity contribution in [2.45, 2.75) is 31.7 Å². The van der Waals surface area contributed by atoms with Crippen LogP contribution in [0.4, 0.5) is 4.39 Å². The molecule has 0 aromatic heterocycles. The molecule has 9 heteroatoms. The Morgan fingerprint density at radius 1 is 1.35 bits per heavy atom. The van der Waals surface area contributed by atoms with Crippen molar-refractivity contribution >= 4 is 21.9 Å². The van der Waals surface area contributed by atoms with Gasteiger partial charge in [0.15, 0.2) is 0 Å². The Morgan fingerprint density at radius 3 is 2.46 bits per heavy atom. The first-order chi connectivity index (χ1) is 11.9. The first-order valence-corrected chi connectivity index (χ1v) is 9.21. The lowest BCUT2D eigenvalue weighted by Crippen LogP contribution is -2.49. The monoisotopic (exact) mass is 386 g/mol. The minimum atomic E-state index is -4.15. The number of methoxy groups -OCH3 is 1.